The number of nitrogens with zero attached hydrogens (tertiary/aromatic N) is 4. The number of aromatic nitrogens is 4. The van der Waals surface area contributed by atoms with Crippen molar-refractivity contribution in [3.8, 4) is 5.75 Å². The zero-order chi connectivity index (χ0) is 13.7. The molecule has 19 heavy (non-hydrogen) atoms. The van der Waals surface area contributed by atoms with Gasteiger partial charge in [-0.1, -0.05) is 12.1 Å². The maximum atomic E-state index is 5.24. The number of hydrogen-bond acceptors (Lipinski definition) is 5. The maximum Gasteiger partial charge on any atom is 0.176 e. The Morgan fingerprint density at radius 3 is 2.89 bits per heavy atom. The van der Waals surface area contributed by atoms with Crippen molar-refractivity contribution >= 4 is 0 Å². The van der Waals surface area contributed by atoms with Crippen molar-refractivity contribution < 1.29 is 4.74 Å². The van der Waals surface area contributed by atoms with Crippen LogP contribution in [0.2, 0.25) is 0 Å². The minimum Gasteiger partial charge on any atom is -0.496 e. The normalized spacial score (nSPS) is 10.7. The molecule has 0 aliphatic rings. The first-order chi connectivity index (χ1) is 9.22. The molecule has 0 unspecified atom stereocenters. The third-order valence-electron chi connectivity index (χ3n) is 2.88. The fourth-order valence-corrected chi connectivity index (χ4v) is 1.88. The van der Waals surface area contributed by atoms with Gasteiger partial charge in [-0.15, -0.1) is 10.2 Å². The van der Waals surface area contributed by atoms with E-state index < -0.39 is 0 Å². The highest BCUT2D eigenvalue weighted by Crippen LogP contribution is 2.18. The molecule has 0 saturated heterocycles. The maximum absolute atomic E-state index is 5.24. The van der Waals surface area contributed by atoms with Crippen molar-refractivity contribution in [1.29, 1.82) is 0 Å². The Hall–Kier alpha value is -1.95. The second-order valence-corrected chi connectivity index (χ2v) is 4.39. The van der Waals surface area contributed by atoms with Crippen molar-refractivity contribution in [2.75, 3.05) is 20.7 Å². The summed E-state index contributed by atoms with van der Waals surface area (Å²) in [6.07, 6.45) is 0.790. The Balaban J connectivity index is 2.04. The Morgan fingerprint density at radius 1 is 1.37 bits per heavy atom. The number of aryl methyl sites for hydroxylation is 1. The van der Waals surface area contributed by atoms with E-state index in [1.54, 1.807) is 11.9 Å². The van der Waals surface area contributed by atoms with Crippen molar-refractivity contribution in [3.63, 3.8) is 0 Å². The molecule has 0 aliphatic carbocycles. The summed E-state index contributed by atoms with van der Waals surface area (Å²) in [6.45, 7) is 3.50. The third kappa shape index (κ3) is 3.51. The van der Waals surface area contributed by atoms with Gasteiger partial charge >= 0.3 is 0 Å². The minimum absolute atomic E-state index is 0.622. The number of hydrogen-bond donors (Lipinski definition) is 1. The number of rotatable bonds is 6. The van der Waals surface area contributed by atoms with Crippen LogP contribution < -0.4 is 10.1 Å². The van der Waals surface area contributed by atoms with Crippen LogP contribution in [-0.2, 0) is 13.0 Å². The molecule has 1 heterocycles. The summed E-state index contributed by atoms with van der Waals surface area (Å²) in [5, 5.41) is 15.5. The summed E-state index contributed by atoms with van der Waals surface area (Å²) >= 11 is 0. The van der Waals surface area contributed by atoms with Crippen molar-refractivity contribution in [3.05, 3.63) is 35.2 Å². The highest BCUT2D eigenvalue weighted by Gasteiger charge is 2.05. The number of nitrogens with one attached hydrogen (secondary N) is 1. The fourth-order valence-electron chi connectivity index (χ4n) is 1.88. The molecule has 0 fully saturated rings. The molecule has 1 N–H and O–H groups in total. The highest BCUT2D eigenvalue weighted by molar-refractivity contribution is 5.36. The molecule has 0 spiro atoms. The van der Waals surface area contributed by atoms with E-state index in [-0.39, 0.29) is 0 Å². The SMILES string of the molecule is CNCCc1nnn(Cc2ccc(OC)c(C)c2)n1. The molecule has 1 aromatic carbocycles. The lowest BCUT2D eigenvalue weighted by atomic mass is 10.1. The zero-order valence-electron chi connectivity index (χ0n) is 11.6. The van der Waals surface area contributed by atoms with E-state index in [0.29, 0.717) is 6.54 Å². The van der Waals surface area contributed by atoms with Gasteiger partial charge in [0, 0.05) is 13.0 Å². The van der Waals surface area contributed by atoms with Crippen LogP contribution in [0, 0.1) is 6.92 Å². The molecule has 0 bridgehead atoms. The van der Waals surface area contributed by atoms with Crippen molar-refractivity contribution in [1.82, 2.24) is 25.5 Å². The average molecular weight is 261 g/mol. The van der Waals surface area contributed by atoms with E-state index in [9.17, 15) is 0 Å². The first-order valence-electron chi connectivity index (χ1n) is 6.27. The lowest BCUT2D eigenvalue weighted by Gasteiger charge is -2.06. The molecule has 1 aromatic heterocycles. The summed E-state index contributed by atoms with van der Waals surface area (Å²) < 4.78 is 5.24. The van der Waals surface area contributed by atoms with Gasteiger partial charge in [0.15, 0.2) is 5.82 Å². The standard InChI is InChI=1S/C13H19N5O/c1-10-8-11(4-5-12(10)19-3)9-18-16-13(15-17-18)6-7-14-2/h4-5,8,14H,6-7,9H2,1-3H3. The van der Waals surface area contributed by atoms with Crippen molar-refractivity contribution in [2.45, 2.75) is 19.9 Å². The molecular formula is C13H19N5O. The monoisotopic (exact) mass is 261 g/mol. The predicted octanol–water partition coefficient (Wildman–Crippen LogP) is 0.800. The van der Waals surface area contributed by atoms with Crippen molar-refractivity contribution in [2.24, 2.45) is 0 Å². The van der Waals surface area contributed by atoms with Gasteiger partial charge < -0.3 is 10.1 Å². The number of tetrazole rings is 1. The number of methoxy groups -OCH3 is 1. The van der Waals surface area contributed by atoms with E-state index >= 15 is 0 Å². The van der Waals surface area contributed by atoms with E-state index in [1.165, 1.54) is 0 Å². The van der Waals surface area contributed by atoms with Crippen LogP contribution in [0.3, 0.4) is 0 Å². The van der Waals surface area contributed by atoms with Gasteiger partial charge in [0.1, 0.15) is 5.75 Å². The van der Waals surface area contributed by atoms with E-state index in [1.807, 2.05) is 26.1 Å². The third-order valence-corrected chi connectivity index (χ3v) is 2.88. The Morgan fingerprint density at radius 2 is 2.21 bits per heavy atom. The van der Waals surface area contributed by atoms with Gasteiger partial charge in [-0.3, -0.25) is 0 Å². The number of benzene rings is 1. The van der Waals surface area contributed by atoms with Crippen LogP contribution >= 0.6 is 0 Å². The van der Waals surface area contributed by atoms with Gasteiger partial charge in [-0.05, 0) is 36.4 Å². The van der Waals surface area contributed by atoms with Gasteiger partial charge in [-0.25, -0.2) is 0 Å². The molecule has 2 aromatic rings. The quantitative estimate of drug-likeness (QED) is 0.833. The van der Waals surface area contributed by atoms with Crippen LogP contribution in [0.4, 0.5) is 0 Å². The molecule has 0 saturated carbocycles. The topological polar surface area (TPSA) is 64.9 Å². The van der Waals surface area contributed by atoms with Crippen LogP contribution in [0.15, 0.2) is 18.2 Å². The lowest BCUT2D eigenvalue weighted by Crippen LogP contribution is -2.11. The summed E-state index contributed by atoms with van der Waals surface area (Å²) in [5.74, 6) is 1.66. The Kier molecular flexibility index (Phi) is 4.46. The summed E-state index contributed by atoms with van der Waals surface area (Å²) in [7, 11) is 3.58. The number of ether oxygens (including phenoxy) is 1. The summed E-state index contributed by atoms with van der Waals surface area (Å²) in [4.78, 5) is 1.62. The van der Waals surface area contributed by atoms with Gasteiger partial charge in [0.2, 0.25) is 0 Å². The van der Waals surface area contributed by atoms with Gasteiger partial charge in [-0.2, -0.15) is 4.80 Å². The average Bonchev–Trinajstić information content (AvgIpc) is 2.84. The molecule has 2 rings (SSSR count). The van der Waals surface area contributed by atoms with Crippen LogP contribution in [0.5, 0.6) is 5.75 Å². The largest absolute Gasteiger partial charge is 0.496 e. The molecular weight excluding hydrogens is 242 g/mol. The predicted molar refractivity (Wildman–Crippen MR) is 72.3 cm³/mol. The highest BCUT2D eigenvalue weighted by atomic mass is 16.5. The Bertz CT molecular complexity index is 538. The zero-order valence-corrected chi connectivity index (χ0v) is 11.6. The van der Waals surface area contributed by atoms with Crippen LogP contribution in [0.25, 0.3) is 0 Å². The fraction of sp³-hybridized carbons (Fsp3) is 0.462. The summed E-state index contributed by atoms with van der Waals surface area (Å²) in [5.41, 5.74) is 2.24. The molecule has 6 heteroatoms. The molecule has 0 amide bonds. The van der Waals surface area contributed by atoms with Crippen LogP contribution in [0.1, 0.15) is 17.0 Å². The first-order valence-corrected chi connectivity index (χ1v) is 6.27. The molecule has 0 atom stereocenters. The first kappa shape index (κ1) is 13.5. The van der Waals surface area contributed by atoms with Crippen LogP contribution in [-0.4, -0.2) is 40.9 Å². The van der Waals surface area contributed by atoms with E-state index in [4.69, 9.17) is 4.74 Å². The smallest absolute Gasteiger partial charge is 0.176 e. The Labute approximate surface area is 112 Å². The molecule has 0 aliphatic heterocycles. The van der Waals surface area contributed by atoms with Gasteiger partial charge in [0.25, 0.3) is 0 Å². The van der Waals surface area contributed by atoms with E-state index in [0.717, 1.165) is 35.7 Å². The minimum atomic E-state index is 0.622. The molecule has 6 nitrogen and oxygen atoms in total. The lowest BCUT2D eigenvalue weighted by molar-refractivity contribution is 0.411. The molecule has 102 valence electrons. The second-order valence-electron chi connectivity index (χ2n) is 4.39. The number of likely N-dealkylation sites (N-methyl/N-ethyl adjacent to an activating group) is 1. The summed E-state index contributed by atoms with van der Waals surface area (Å²) in [6, 6.07) is 6.06. The second kappa shape index (κ2) is 6.29. The van der Waals surface area contributed by atoms with E-state index in [2.05, 4.69) is 26.8 Å². The molecule has 0 radical (unpaired) electrons. The van der Waals surface area contributed by atoms with Gasteiger partial charge in [0.05, 0.1) is 13.7 Å².